The van der Waals surface area contributed by atoms with Gasteiger partial charge < -0.3 is 10.1 Å². The number of nitrogens with zero attached hydrogens (tertiary/aromatic N) is 1. The number of ether oxygens (including phenoxy) is 1. The molecule has 3 rings (SSSR count). The van der Waals surface area contributed by atoms with Crippen LogP contribution in [0.2, 0.25) is 5.15 Å². The van der Waals surface area contributed by atoms with E-state index >= 15 is 0 Å². The molecule has 0 spiro atoms. The number of hydrogen-bond donors (Lipinski definition) is 1. The maximum Gasteiger partial charge on any atom is 0.143 e. The van der Waals surface area contributed by atoms with E-state index in [0.717, 1.165) is 35.4 Å². The van der Waals surface area contributed by atoms with Crippen LogP contribution in [0.5, 0.6) is 5.75 Å². The molecule has 1 aromatic carbocycles. The summed E-state index contributed by atoms with van der Waals surface area (Å²) < 4.78 is 6.36. The van der Waals surface area contributed by atoms with Gasteiger partial charge in [-0.1, -0.05) is 24.6 Å². The average molecular weight is 368 g/mol. The minimum atomic E-state index is 0.241. The monoisotopic (exact) mass is 366 g/mol. The van der Waals surface area contributed by atoms with Gasteiger partial charge in [-0.2, -0.15) is 0 Å². The quantitative estimate of drug-likeness (QED) is 0.773. The highest BCUT2D eigenvalue weighted by Crippen LogP contribution is 2.31. The van der Waals surface area contributed by atoms with Gasteiger partial charge in [0.15, 0.2) is 0 Å². The van der Waals surface area contributed by atoms with Crippen molar-refractivity contribution in [3.63, 3.8) is 0 Å². The second-order valence-electron chi connectivity index (χ2n) is 5.07. The molecule has 1 aliphatic heterocycles. The number of pyridine rings is 1. The van der Waals surface area contributed by atoms with Gasteiger partial charge >= 0.3 is 0 Å². The number of halogens is 2. The van der Waals surface area contributed by atoms with Crippen LogP contribution < -0.4 is 10.1 Å². The SMILES string of the molecule is CCC(Nc1cnc(Cl)c(Br)c1)c1ccc2c(c1)CCO2. The zero-order valence-electron chi connectivity index (χ0n) is 11.7. The van der Waals surface area contributed by atoms with Crippen molar-refractivity contribution in [2.75, 3.05) is 11.9 Å². The molecule has 1 atom stereocenters. The second kappa shape index (κ2) is 6.24. The van der Waals surface area contributed by atoms with Gasteiger partial charge in [0.25, 0.3) is 0 Å². The van der Waals surface area contributed by atoms with Gasteiger partial charge in [0.1, 0.15) is 10.9 Å². The molecule has 1 aromatic heterocycles. The number of hydrogen-bond acceptors (Lipinski definition) is 3. The van der Waals surface area contributed by atoms with Crippen LogP contribution in [-0.2, 0) is 6.42 Å². The summed E-state index contributed by atoms with van der Waals surface area (Å²) in [4.78, 5) is 4.15. The maximum atomic E-state index is 5.93. The smallest absolute Gasteiger partial charge is 0.143 e. The first-order valence-corrected chi connectivity index (χ1v) is 8.17. The van der Waals surface area contributed by atoms with E-state index in [1.807, 2.05) is 6.07 Å². The highest BCUT2D eigenvalue weighted by molar-refractivity contribution is 9.10. The summed E-state index contributed by atoms with van der Waals surface area (Å²) in [6.45, 7) is 2.96. The normalized spacial score (nSPS) is 14.4. The molecule has 1 N–H and O–H groups in total. The fourth-order valence-electron chi connectivity index (χ4n) is 2.55. The van der Waals surface area contributed by atoms with Crippen molar-refractivity contribution in [3.05, 3.63) is 51.2 Å². The predicted molar refractivity (Wildman–Crippen MR) is 89.2 cm³/mol. The number of nitrogens with one attached hydrogen (secondary N) is 1. The van der Waals surface area contributed by atoms with Gasteiger partial charge in [-0.15, -0.1) is 0 Å². The van der Waals surface area contributed by atoms with E-state index in [9.17, 15) is 0 Å². The molecule has 0 aliphatic carbocycles. The summed E-state index contributed by atoms with van der Waals surface area (Å²) in [6.07, 6.45) is 3.74. The lowest BCUT2D eigenvalue weighted by atomic mass is 10.0. The molecule has 1 unspecified atom stereocenters. The summed E-state index contributed by atoms with van der Waals surface area (Å²) in [5.41, 5.74) is 3.52. The lowest BCUT2D eigenvalue weighted by Gasteiger charge is -2.19. The van der Waals surface area contributed by atoms with Gasteiger partial charge in [0.05, 0.1) is 29.0 Å². The van der Waals surface area contributed by atoms with E-state index in [1.165, 1.54) is 11.1 Å². The Bertz CT molecular complexity index is 663. The summed E-state index contributed by atoms with van der Waals surface area (Å²) >= 11 is 9.34. The first kappa shape index (κ1) is 14.7. The Morgan fingerprint density at radius 2 is 2.29 bits per heavy atom. The van der Waals surface area contributed by atoms with Crippen molar-refractivity contribution < 1.29 is 4.74 Å². The average Bonchev–Trinajstić information content (AvgIpc) is 2.95. The second-order valence-corrected chi connectivity index (χ2v) is 6.28. The molecule has 0 amide bonds. The molecule has 0 bridgehead atoms. The van der Waals surface area contributed by atoms with E-state index in [0.29, 0.717) is 5.15 Å². The van der Waals surface area contributed by atoms with Crippen molar-refractivity contribution in [1.82, 2.24) is 4.98 Å². The molecule has 0 radical (unpaired) electrons. The van der Waals surface area contributed by atoms with Crippen LogP contribution in [0.1, 0.15) is 30.5 Å². The predicted octanol–water partition coefficient (Wildman–Crippen LogP) is 5.00. The van der Waals surface area contributed by atoms with Gasteiger partial charge in [-0.25, -0.2) is 4.98 Å². The van der Waals surface area contributed by atoms with E-state index in [-0.39, 0.29) is 6.04 Å². The Hall–Kier alpha value is -1.26. The van der Waals surface area contributed by atoms with Crippen molar-refractivity contribution in [2.24, 2.45) is 0 Å². The molecule has 0 fully saturated rings. The Kier molecular flexibility index (Phi) is 4.36. The first-order valence-electron chi connectivity index (χ1n) is 7.00. The van der Waals surface area contributed by atoms with Crippen LogP contribution in [0.3, 0.4) is 0 Å². The van der Waals surface area contributed by atoms with Crippen LogP contribution in [0.25, 0.3) is 0 Å². The molecule has 2 heterocycles. The summed E-state index contributed by atoms with van der Waals surface area (Å²) in [5.74, 6) is 1.02. The topological polar surface area (TPSA) is 34.2 Å². The van der Waals surface area contributed by atoms with Gasteiger partial charge in [-0.3, -0.25) is 0 Å². The molecule has 3 nitrogen and oxygen atoms in total. The number of benzene rings is 1. The highest BCUT2D eigenvalue weighted by Gasteiger charge is 2.16. The number of rotatable bonds is 4. The fraction of sp³-hybridized carbons (Fsp3) is 0.312. The number of aromatic nitrogens is 1. The molecule has 21 heavy (non-hydrogen) atoms. The number of anilines is 1. The summed E-state index contributed by atoms with van der Waals surface area (Å²) in [7, 11) is 0. The van der Waals surface area contributed by atoms with Crippen molar-refractivity contribution in [1.29, 1.82) is 0 Å². The number of fused-ring (bicyclic) bond motifs is 1. The largest absolute Gasteiger partial charge is 0.493 e. The maximum absolute atomic E-state index is 5.93. The lowest BCUT2D eigenvalue weighted by Crippen LogP contribution is -2.10. The Morgan fingerprint density at radius 1 is 1.43 bits per heavy atom. The van der Waals surface area contributed by atoms with Crippen LogP contribution in [0, 0.1) is 0 Å². The summed E-state index contributed by atoms with van der Waals surface area (Å²) in [6, 6.07) is 8.63. The van der Waals surface area contributed by atoms with Crippen LogP contribution in [-0.4, -0.2) is 11.6 Å². The zero-order chi connectivity index (χ0) is 14.8. The van der Waals surface area contributed by atoms with E-state index in [4.69, 9.17) is 16.3 Å². The lowest BCUT2D eigenvalue weighted by molar-refractivity contribution is 0.357. The molecular formula is C16H16BrClN2O. The van der Waals surface area contributed by atoms with Crippen LogP contribution >= 0.6 is 27.5 Å². The van der Waals surface area contributed by atoms with Crippen molar-refractivity contribution >= 4 is 33.2 Å². The zero-order valence-corrected chi connectivity index (χ0v) is 14.0. The third-order valence-electron chi connectivity index (χ3n) is 3.66. The molecule has 1 aliphatic rings. The highest BCUT2D eigenvalue weighted by atomic mass is 79.9. The van der Waals surface area contributed by atoms with Crippen molar-refractivity contribution in [3.8, 4) is 5.75 Å². The standard InChI is InChI=1S/C16H16BrClN2O/c1-2-14(20-12-8-13(17)16(18)19-9-12)10-3-4-15-11(7-10)5-6-21-15/h3-4,7-9,14,20H,2,5-6H2,1H3. The molecule has 110 valence electrons. The van der Waals surface area contributed by atoms with Gasteiger partial charge in [0, 0.05) is 6.42 Å². The van der Waals surface area contributed by atoms with Crippen LogP contribution in [0.4, 0.5) is 5.69 Å². The molecule has 2 aromatic rings. The van der Waals surface area contributed by atoms with Gasteiger partial charge in [-0.05, 0) is 51.7 Å². The molecule has 0 saturated carbocycles. The minimum Gasteiger partial charge on any atom is -0.493 e. The third kappa shape index (κ3) is 3.16. The van der Waals surface area contributed by atoms with E-state index < -0.39 is 0 Å². The van der Waals surface area contributed by atoms with E-state index in [2.05, 4.69) is 51.4 Å². The van der Waals surface area contributed by atoms with Crippen LogP contribution in [0.15, 0.2) is 34.9 Å². The summed E-state index contributed by atoms with van der Waals surface area (Å²) in [5, 5.41) is 3.99. The molecule has 5 heteroatoms. The Morgan fingerprint density at radius 3 is 3.05 bits per heavy atom. The van der Waals surface area contributed by atoms with E-state index in [1.54, 1.807) is 6.20 Å². The molecule has 0 saturated heterocycles. The molecular weight excluding hydrogens is 352 g/mol. The fourth-order valence-corrected chi connectivity index (χ4v) is 3.00. The van der Waals surface area contributed by atoms with Gasteiger partial charge in [0.2, 0.25) is 0 Å². The first-order chi connectivity index (χ1) is 10.2. The minimum absolute atomic E-state index is 0.241. The van der Waals surface area contributed by atoms with Crippen molar-refractivity contribution in [2.45, 2.75) is 25.8 Å². The Balaban J connectivity index is 1.83. The third-order valence-corrected chi connectivity index (χ3v) is 4.80. The Labute approximate surface area is 137 Å².